The van der Waals surface area contributed by atoms with E-state index in [1.807, 2.05) is 24.3 Å². The maximum atomic E-state index is 13.5. The van der Waals surface area contributed by atoms with E-state index < -0.39 is 11.7 Å². The summed E-state index contributed by atoms with van der Waals surface area (Å²) in [4.78, 5) is 20.9. The van der Waals surface area contributed by atoms with Crippen LogP contribution in [-0.4, -0.2) is 22.5 Å². The molecule has 0 aromatic heterocycles. The summed E-state index contributed by atoms with van der Waals surface area (Å²) < 4.78 is 13.5. The fraction of sp³-hybridized carbons (Fsp3) is 0.312. The number of hydrogen-bond acceptors (Lipinski definition) is 3. The van der Waals surface area contributed by atoms with E-state index in [1.54, 1.807) is 6.92 Å². The third-order valence-electron chi connectivity index (χ3n) is 3.61. The third-order valence-corrected chi connectivity index (χ3v) is 3.61. The minimum Gasteiger partial charge on any atom is -0.265 e. The molecule has 0 bridgehead atoms. The summed E-state index contributed by atoms with van der Waals surface area (Å²) in [6, 6.07) is 7.88. The Kier molecular flexibility index (Phi) is 2.83. The van der Waals surface area contributed by atoms with E-state index in [1.165, 1.54) is 10.5 Å². The SMILES string of the molecule is CC1=NC(c2ccc(C(C)(C)C)cc2)=NC2=C(F)C(=O)N12. The molecular formula is C16H16FN3O. The van der Waals surface area contributed by atoms with Crippen LogP contribution in [0.15, 0.2) is 45.9 Å². The van der Waals surface area contributed by atoms with Gasteiger partial charge in [-0.05, 0) is 17.9 Å². The van der Waals surface area contributed by atoms with Gasteiger partial charge in [0.2, 0.25) is 5.83 Å². The third kappa shape index (κ3) is 2.09. The summed E-state index contributed by atoms with van der Waals surface area (Å²) in [6.07, 6.45) is 0. The van der Waals surface area contributed by atoms with Gasteiger partial charge in [0.15, 0.2) is 11.7 Å². The number of benzene rings is 1. The van der Waals surface area contributed by atoms with Crippen molar-refractivity contribution in [2.24, 2.45) is 9.98 Å². The van der Waals surface area contributed by atoms with E-state index in [0.29, 0.717) is 11.7 Å². The second kappa shape index (κ2) is 4.35. The van der Waals surface area contributed by atoms with Gasteiger partial charge in [-0.3, -0.25) is 4.79 Å². The first-order valence-electron chi connectivity index (χ1n) is 6.78. The van der Waals surface area contributed by atoms with Crippen molar-refractivity contribution < 1.29 is 9.18 Å². The van der Waals surface area contributed by atoms with Crippen LogP contribution in [0.5, 0.6) is 0 Å². The van der Waals surface area contributed by atoms with Gasteiger partial charge in [-0.1, -0.05) is 45.0 Å². The molecule has 0 atom stereocenters. The van der Waals surface area contributed by atoms with Crippen molar-refractivity contribution in [3.05, 3.63) is 47.0 Å². The van der Waals surface area contributed by atoms with Gasteiger partial charge in [-0.15, -0.1) is 0 Å². The first kappa shape index (κ1) is 13.7. The van der Waals surface area contributed by atoms with Crippen LogP contribution in [0.3, 0.4) is 0 Å². The highest BCUT2D eigenvalue weighted by molar-refractivity contribution is 6.18. The Hall–Kier alpha value is -2.30. The molecule has 0 N–H and O–H groups in total. The molecule has 4 nitrogen and oxygen atoms in total. The Morgan fingerprint density at radius 2 is 1.71 bits per heavy atom. The van der Waals surface area contributed by atoms with Crippen LogP contribution in [0.4, 0.5) is 4.39 Å². The molecule has 3 rings (SSSR count). The molecule has 0 aliphatic carbocycles. The number of hydrogen-bond donors (Lipinski definition) is 0. The van der Waals surface area contributed by atoms with Crippen molar-refractivity contribution in [1.29, 1.82) is 0 Å². The molecule has 1 aromatic carbocycles. The molecule has 2 heterocycles. The molecule has 1 amide bonds. The predicted octanol–water partition coefficient (Wildman–Crippen LogP) is 3.14. The smallest absolute Gasteiger partial charge is 0.265 e. The van der Waals surface area contributed by atoms with Crippen molar-refractivity contribution in [3.63, 3.8) is 0 Å². The number of nitrogens with zero attached hydrogens (tertiary/aromatic N) is 3. The second-order valence-electron chi connectivity index (χ2n) is 6.20. The van der Waals surface area contributed by atoms with E-state index in [9.17, 15) is 9.18 Å². The highest BCUT2D eigenvalue weighted by atomic mass is 19.1. The molecule has 0 saturated heterocycles. The van der Waals surface area contributed by atoms with Gasteiger partial charge in [0.1, 0.15) is 5.84 Å². The number of carbonyl (C=O) groups excluding carboxylic acids is 1. The Morgan fingerprint density at radius 1 is 1.10 bits per heavy atom. The first-order chi connectivity index (χ1) is 9.79. The summed E-state index contributed by atoms with van der Waals surface area (Å²) in [5.74, 6) is -0.532. The summed E-state index contributed by atoms with van der Waals surface area (Å²) in [7, 11) is 0. The van der Waals surface area contributed by atoms with Crippen LogP contribution in [0, 0.1) is 0 Å². The Balaban J connectivity index is 1.99. The zero-order chi connectivity index (χ0) is 15.4. The molecule has 0 saturated carbocycles. The van der Waals surface area contributed by atoms with Crippen molar-refractivity contribution in [1.82, 2.24) is 4.90 Å². The lowest BCUT2D eigenvalue weighted by Gasteiger charge is -2.32. The first-order valence-corrected chi connectivity index (χ1v) is 6.78. The number of carbonyl (C=O) groups is 1. The number of rotatable bonds is 1. The average molecular weight is 285 g/mol. The molecule has 5 heteroatoms. The quantitative estimate of drug-likeness (QED) is 0.781. The van der Waals surface area contributed by atoms with Gasteiger partial charge in [0.05, 0.1) is 0 Å². The summed E-state index contributed by atoms with van der Waals surface area (Å²) in [5.41, 5.74) is 2.08. The minimum atomic E-state index is -0.798. The van der Waals surface area contributed by atoms with Crippen LogP contribution < -0.4 is 0 Å². The van der Waals surface area contributed by atoms with E-state index in [2.05, 4.69) is 30.8 Å². The average Bonchev–Trinajstić information content (AvgIpc) is 2.45. The molecule has 21 heavy (non-hydrogen) atoms. The fourth-order valence-electron chi connectivity index (χ4n) is 2.31. The molecule has 0 spiro atoms. The van der Waals surface area contributed by atoms with Crippen molar-refractivity contribution >= 4 is 17.6 Å². The predicted molar refractivity (Wildman–Crippen MR) is 79.8 cm³/mol. The lowest BCUT2D eigenvalue weighted by atomic mass is 9.86. The van der Waals surface area contributed by atoms with E-state index in [-0.39, 0.29) is 11.2 Å². The molecule has 108 valence electrons. The number of halogens is 1. The van der Waals surface area contributed by atoms with Crippen molar-refractivity contribution in [2.75, 3.05) is 0 Å². The zero-order valence-electron chi connectivity index (χ0n) is 12.4. The summed E-state index contributed by atoms with van der Waals surface area (Å²) in [6.45, 7) is 8.09. The van der Waals surface area contributed by atoms with Crippen LogP contribution in [-0.2, 0) is 10.2 Å². The maximum Gasteiger partial charge on any atom is 0.297 e. The van der Waals surface area contributed by atoms with E-state index in [0.717, 1.165) is 5.56 Å². The summed E-state index contributed by atoms with van der Waals surface area (Å²) >= 11 is 0. The molecule has 0 radical (unpaired) electrons. The Labute approximate surface area is 122 Å². The van der Waals surface area contributed by atoms with E-state index in [4.69, 9.17) is 0 Å². The lowest BCUT2D eigenvalue weighted by Crippen LogP contribution is -2.45. The van der Waals surface area contributed by atoms with Gasteiger partial charge in [0.25, 0.3) is 5.91 Å². The fourth-order valence-corrected chi connectivity index (χ4v) is 2.31. The number of fused-ring (bicyclic) bond motifs is 1. The molecule has 1 aromatic rings. The van der Waals surface area contributed by atoms with Crippen LogP contribution in [0.2, 0.25) is 0 Å². The van der Waals surface area contributed by atoms with Crippen LogP contribution >= 0.6 is 0 Å². The Bertz CT molecular complexity index is 721. The minimum absolute atomic E-state index is 0.0578. The summed E-state index contributed by atoms with van der Waals surface area (Å²) in [5, 5.41) is 0. The molecule has 2 aliphatic rings. The van der Waals surface area contributed by atoms with E-state index >= 15 is 0 Å². The maximum absolute atomic E-state index is 13.5. The number of aliphatic imine (C=N–C) groups is 2. The normalized spacial score (nSPS) is 18.1. The van der Waals surface area contributed by atoms with Gasteiger partial charge >= 0.3 is 0 Å². The second-order valence-corrected chi connectivity index (χ2v) is 6.20. The highest BCUT2D eigenvalue weighted by Gasteiger charge is 2.41. The Morgan fingerprint density at radius 3 is 2.29 bits per heavy atom. The monoisotopic (exact) mass is 285 g/mol. The molecule has 0 fully saturated rings. The standard InChI is InChI=1S/C16H16FN3O/c1-9-18-13(19-14-12(17)15(21)20(9)14)10-5-7-11(8-6-10)16(2,3)4/h5-8H,1-4H3. The highest BCUT2D eigenvalue weighted by Crippen LogP contribution is 2.31. The van der Waals surface area contributed by atoms with Crippen LogP contribution in [0.25, 0.3) is 0 Å². The van der Waals surface area contributed by atoms with Crippen molar-refractivity contribution in [3.8, 4) is 0 Å². The molecular weight excluding hydrogens is 269 g/mol. The van der Waals surface area contributed by atoms with Gasteiger partial charge in [-0.25, -0.2) is 14.9 Å². The van der Waals surface area contributed by atoms with Gasteiger partial charge in [-0.2, -0.15) is 4.39 Å². The largest absolute Gasteiger partial charge is 0.297 e. The number of amides is 1. The van der Waals surface area contributed by atoms with Crippen LogP contribution in [0.1, 0.15) is 38.8 Å². The van der Waals surface area contributed by atoms with Gasteiger partial charge in [0, 0.05) is 5.56 Å². The topological polar surface area (TPSA) is 45.0 Å². The number of amidine groups is 2. The zero-order valence-corrected chi connectivity index (χ0v) is 12.4. The van der Waals surface area contributed by atoms with Gasteiger partial charge < -0.3 is 0 Å². The molecule has 2 aliphatic heterocycles. The lowest BCUT2D eigenvalue weighted by molar-refractivity contribution is -0.127. The molecule has 0 unspecified atom stereocenters. The van der Waals surface area contributed by atoms with Crippen molar-refractivity contribution in [2.45, 2.75) is 33.1 Å².